The number of carbonyl (C=O) groups excluding carboxylic acids is 1. The maximum absolute atomic E-state index is 15.3. The molecule has 14 heteroatoms. The van der Waals surface area contributed by atoms with E-state index in [4.69, 9.17) is 15.5 Å². The van der Waals surface area contributed by atoms with E-state index in [2.05, 4.69) is 25.3 Å². The van der Waals surface area contributed by atoms with Gasteiger partial charge in [-0.05, 0) is 18.2 Å². The molecule has 2 atom stereocenters. The van der Waals surface area contributed by atoms with Gasteiger partial charge >= 0.3 is 0 Å². The standard InChI is InChI=1S/C23H22F2N8O2S.ClH/c1-35-20-9-27-16(8-28-20)5-19(34)31-15-2-3-18(25)17(4-15)23-12-33(22-29-6-14(24)7-30-22)10-13(23)11-36-21(26)32-23;/h2-4,6-9,13H,5,10-12H2,1H3,(H2,26,32)(H,31,34);1H/t13-,23-;/m0./s1. The second kappa shape index (κ2) is 10.8. The first kappa shape index (κ1) is 26.5. The molecule has 4 heterocycles. The monoisotopic (exact) mass is 548 g/mol. The number of ether oxygens (including phenoxy) is 1. The van der Waals surface area contributed by atoms with E-state index in [1.54, 1.807) is 6.07 Å². The molecular weight excluding hydrogens is 526 g/mol. The smallest absolute Gasteiger partial charge is 0.231 e. The molecule has 37 heavy (non-hydrogen) atoms. The lowest BCUT2D eigenvalue weighted by atomic mass is 9.81. The molecule has 3 aromatic rings. The zero-order valence-electron chi connectivity index (χ0n) is 19.6. The minimum Gasteiger partial charge on any atom is -0.480 e. The summed E-state index contributed by atoms with van der Waals surface area (Å²) in [5, 5.41) is 3.14. The van der Waals surface area contributed by atoms with Crippen LogP contribution in [0, 0.1) is 17.6 Å². The zero-order chi connectivity index (χ0) is 25.3. The first-order valence-electron chi connectivity index (χ1n) is 11.0. The van der Waals surface area contributed by atoms with Crippen LogP contribution in [0.3, 0.4) is 0 Å². The fraction of sp³-hybridized carbons (Fsp3) is 0.304. The van der Waals surface area contributed by atoms with Crippen LogP contribution in [-0.2, 0) is 16.8 Å². The van der Waals surface area contributed by atoms with Crippen LogP contribution < -0.4 is 20.7 Å². The van der Waals surface area contributed by atoms with E-state index in [1.807, 2.05) is 4.90 Å². The van der Waals surface area contributed by atoms with E-state index >= 15 is 4.39 Å². The van der Waals surface area contributed by atoms with Gasteiger partial charge in [-0.2, -0.15) is 0 Å². The number of hydrogen-bond donors (Lipinski definition) is 2. The molecule has 0 aliphatic carbocycles. The van der Waals surface area contributed by atoms with Crippen molar-refractivity contribution in [1.29, 1.82) is 0 Å². The largest absolute Gasteiger partial charge is 0.480 e. The summed E-state index contributed by atoms with van der Waals surface area (Å²) in [7, 11) is 1.48. The third kappa shape index (κ3) is 5.42. The summed E-state index contributed by atoms with van der Waals surface area (Å²) >= 11 is 1.40. The Hall–Kier alpha value is -3.58. The maximum atomic E-state index is 15.3. The van der Waals surface area contributed by atoms with Crippen molar-refractivity contribution >= 4 is 46.9 Å². The molecule has 1 saturated heterocycles. The predicted octanol–water partition coefficient (Wildman–Crippen LogP) is 2.55. The summed E-state index contributed by atoms with van der Waals surface area (Å²) in [6.07, 6.45) is 5.05. The van der Waals surface area contributed by atoms with Crippen LogP contribution in [0.25, 0.3) is 0 Å². The summed E-state index contributed by atoms with van der Waals surface area (Å²) in [5.41, 5.74) is 6.26. The average Bonchev–Trinajstić information content (AvgIpc) is 3.25. The lowest BCUT2D eigenvalue weighted by molar-refractivity contribution is -0.115. The molecule has 2 aliphatic rings. The van der Waals surface area contributed by atoms with E-state index in [1.165, 1.54) is 43.4 Å². The van der Waals surface area contributed by atoms with Crippen LogP contribution in [-0.4, -0.2) is 57.0 Å². The predicted molar refractivity (Wildman–Crippen MR) is 138 cm³/mol. The average molecular weight is 549 g/mol. The number of amides is 1. The van der Waals surface area contributed by atoms with Crippen molar-refractivity contribution in [1.82, 2.24) is 19.9 Å². The van der Waals surface area contributed by atoms with Crippen molar-refractivity contribution in [2.75, 3.05) is 36.2 Å². The molecule has 0 spiro atoms. The number of halogens is 3. The van der Waals surface area contributed by atoms with Crippen LogP contribution in [0.4, 0.5) is 20.4 Å². The van der Waals surface area contributed by atoms with Crippen molar-refractivity contribution in [3.05, 3.63) is 65.9 Å². The molecule has 1 fully saturated rings. The highest BCUT2D eigenvalue weighted by molar-refractivity contribution is 8.13. The highest BCUT2D eigenvalue weighted by atomic mass is 35.5. The number of carbonyl (C=O) groups is 1. The van der Waals surface area contributed by atoms with Crippen molar-refractivity contribution in [3.8, 4) is 5.88 Å². The normalized spacial score (nSPS) is 20.5. The second-order valence-electron chi connectivity index (χ2n) is 8.43. The number of hydrogen-bond acceptors (Lipinski definition) is 10. The van der Waals surface area contributed by atoms with E-state index in [-0.39, 0.29) is 37.2 Å². The Labute approximate surface area is 221 Å². The van der Waals surface area contributed by atoms with Gasteiger partial charge in [0.25, 0.3) is 0 Å². The minimum atomic E-state index is -1.01. The number of benzene rings is 1. The Kier molecular flexibility index (Phi) is 7.73. The van der Waals surface area contributed by atoms with Crippen molar-refractivity contribution in [2.45, 2.75) is 12.0 Å². The molecule has 1 aromatic carbocycles. The quantitative estimate of drug-likeness (QED) is 0.477. The zero-order valence-corrected chi connectivity index (χ0v) is 21.2. The fourth-order valence-electron chi connectivity index (χ4n) is 4.46. The molecule has 1 amide bonds. The molecule has 0 unspecified atom stereocenters. The number of anilines is 2. The van der Waals surface area contributed by atoms with E-state index < -0.39 is 17.2 Å². The van der Waals surface area contributed by atoms with Gasteiger partial charge in [0.15, 0.2) is 11.0 Å². The molecule has 2 aromatic heterocycles. The Morgan fingerprint density at radius 2 is 2.00 bits per heavy atom. The van der Waals surface area contributed by atoms with Crippen LogP contribution in [0.15, 0.2) is 48.0 Å². The summed E-state index contributed by atoms with van der Waals surface area (Å²) in [6.45, 7) is 0.738. The molecule has 2 aliphatic heterocycles. The SMILES string of the molecule is COc1cnc(CC(=O)Nc2ccc(F)c([C@]34CN(c5ncc(F)cn5)C[C@H]3CSC(N)=N4)c2)cn1.Cl. The molecule has 3 N–H and O–H groups in total. The van der Waals surface area contributed by atoms with Gasteiger partial charge in [-0.1, -0.05) is 11.8 Å². The van der Waals surface area contributed by atoms with Gasteiger partial charge in [0, 0.05) is 29.5 Å². The van der Waals surface area contributed by atoms with Gasteiger partial charge in [-0.25, -0.2) is 28.7 Å². The van der Waals surface area contributed by atoms with E-state index in [0.29, 0.717) is 46.2 Å². The number of amidine groups is 1. The number of fused-ring (bicyclic) bond motifs is 1. The summed E-state index contributed by atoms with van der Waals surface area (Å²) < 4.78 is 33.6. The lowest BCUT2D eigenvalue weighted by Crippen LogP contribution is -2.40. The van der Waals surface area contributed by atoms with Crippen LogP contribution in [0.2, 0.25) is 0 Å². The topological polar surface area (TPSA) is 132 Å². The number of nitrogens with one attached hydrogen (secondary N) is 1. The van der Waals surface area contributed by atoms with Gasteiger partial charge in [-0.15, -0.1) is 12.4 Å². The lowest BCUT2D eigenvalue weighted by Gasteiger charge is -2.35. The van der Waals surface area contributed by atoms with E-state index in [9.17, 15) is 9.18 Å². The summed E-state index contributed by atoms with van der Waals surface area (Å²) in [4.78, 5) is 35.5. The molecule has 10 nitrogen and oxygen atoms in total. The van der Waals surface area contributed by atoms with Gasteiger partial charge in [0.2, 0.25) is 17.7 Å². The number of aromatic nitrogens is 4. The van der Waals surface area contributed by atoms with Crippen LogP contribution >= 0.6 is 24.2 Å². The van der Waals surface area contributed by atoms with E-state index in [0.717, 1.165) is 12.4 Å². The van der Waals surface area contributed by atoms with Gasteiger partial charge in [0.05, 0.1) is 50.6 Å². The molecule has 194 valence electrons. The number of nitrogens with zero attached hydrogens (tertiary/aromatic N) is 6. The Bertz CT molecular complexity index is 1320. The molecule has 0 saturated carbocycles. The summed E-state index contributed by atoms with van der Waals surface area (Å²) in [5.74, 6) is -0.177. The third-order valence-corrected chi connectivity index (χ3v) is 7.08. The number of methoxy groups -OCH3 is 1. The fourth-order valence-corrected chi connectivity index (χ4v) is 5.44. The van der Waals surface area contributed by atoms with Gasteiger partial charge < -0.3 is 20.7 Å². The second-order valence-corrected chi connectivity index (χ2v) is 9.47. The molecule has 5 rings (SSSR count). The highest BCUT2D eigenvalue weighted by Crippen LogP contribution is 2.47. The van der Waals surface area contributed by atoms with Crippen molar-refractivity contribution in [3.63, 3.8) is 0 Å². The van der Waals surface area contributed by atoms with Crippen LogP contribution in [0.5, 0.6) is 5.88 Å². The molecular formula is C23H23ClF2N8O2S. The van der Waals surface area contributed by atoms with Gasteiger partial charge in [0.1, 0.15) is 11.4 Å². The Morgan fingerprint density at radius 1 is 1.22 bits per heavy atom. The first-order chi connectivity index (χ1) is 17.4. The summed E-state index contributed by atoms with van der Waals surface area (Å²) in [6, 6.07) is 4.37. The van der Waals surface area contributed by atoms with Crippen molar-refractivity contribution < 1.29 is 18.3 Å². The van der Waals surface area contributed by atoms with Crippen molar-refractivity contribution in [2.24, 2.45) is 16.6 Å². The minimum absolute atomic E-state index is 0. The maximum Gasteiger partial charge on any atom is 0.231 e. The third-order valence-electron chi connectivity index (χ3n) is 6.13. The molecule has 0 radical (unpaired) electrons. The number of nitrogens with two attached hydrogens (primary N) is 1. The molecule has 0 bridgehead atoms. The Morgan fingerprint density at radius 3 is 2.70 bits per heavy atom. The number of rotatable bonds is 6. The number of aliphatic imine (C=N–C) groups is 1. The van der Waals surface area contributed by atoms with Crippen LogP contribution in [0.1, 0.15) is 11.3 Å². The van der Waals surface area contributed by atoms with Gasteiger partial charge in [-0.3, -0.25) is 9.78 Å². The highest BCUT2D eigenvalue weighted by Gasteiger charge is 2.52. The number of thioether (sulfide) groups is 1. The Balaban J connectivity index is 0.00000320. The first-order valence-corrected chi connectivity index (χ1v) is 12.0.